The van der Waals surface area contributed by atoms with Crippen molar-refractivity contribution in [2.24, 2.45) is 34.0 Å². The molecule has 0 radical (unpaired) electrons. The molecule has 0 unspecified atom stereocenters. The number of ketones is 1. The minimum Gasteiger partial charge on any atom is -0.469 e. The summed E-state index contributed by atoms with van der Waals surface area (Å²) < 4.78 is 28.5. The summed E-state index contributed by atoms with van der Waals surface area (Å²) in [6.45, 7) is 14.2. The summed E-state index contributed by atoms with van der Waals surface area (Å²) in [6.07, 6.45) is 0.652. The fourth-order valence-electron chi connectivity index (χ4n) is 8.72. The van der Waals surface area contributed by atoms with Crippen molar-refractivity contribution in [3.63, 3.8) is 0 Å². The molecule has 2 saturated carbocycles. The van der Waals surface area contributed by atoms with Gasteiger partial charge in [0.25, 0.3) is 0 Å². The van der Waals surface area contributed by atoms with Gasteiger partial charge in [0.2, 0.25) is 6.29 Å². The molecule has 2 aliphatic heterocycles. The van der Waals surface area contributed by atoms with Crippen LogP contribution in [0, 0.1) is 34.0 Å². The number of rotatable bonds is 6. The molecule has 0 bridgehead atoms. The van der Waals surface area contributed by atoms with E-state index in [1.807, 2.05) is 13.8 Å². The van der Waals surface area contributed by atoms with Gasteiger partial charge in [0.1, 0.15) is 17.8 Å². The average Bonchev–Trinajstić information content (AvgIpc) is 3.44. The zero-order valence-corrected chi connectivity index (χ0v) is 24.9. The van der Waals surface area contributed by atoms with E-state index in [0.717, 1.165) is 0 Å². The van der Waals surface area contributed by atoms with Crippen molar-refractivity contribution in [3.05, 3.63) is 36.0 Å². The van der Waals surface area contributed by atoms with Crippen molar-refractivity contribution in [1.82, 2.24) is 0 Å². The van der Waals surface area contributed by atoms with Gasteiger partial charge >= 0.3 is 23.9 Å². The Hall–Kier alpha value is -3.31. The van der Waals surface area contributed by atoms with Gasteiger partial charge in [0, 0.05) is 42.1 Å². The summed E-state index contributed by atoms with van der Waals surface area (Å²) in [5.74, 6) is -4.68. The number of allylic oxidation sites excluding steroid dienone is 2. The van der Waals surface area contributed by atoms with Crippen molar-refractivity contribution >= 4 is 29.7 Å². The average molecular weight is 587 g/mol. The molecule has 2 heterocycles. The third kappa shape index (κ3) is 3.96. The number of epoxide rings is 1. The van der Waals surface area contributed by atoms with Gasteiger partial charge in [-0.05, 0) is 30.1 Å². The van der Waals surface area contributed by atoms with Crippen LogP contribution in [-0.4, -0.2) is 72.1 Å². The van der Waals surface area contributed by atoms with Gasteiger partial charge in [-0.3, -0.25) is 19.2 Å². The van der Waals surface area contributed by atoms with Crippen molar-refractivity contribution in [2.75, 3.05) is 7.11 Å². The lowest BCUT2D eigenvalue weighted by atomic mass is 9.46. The quantitative estimate of drug-likeness (QED) is 0.211. The molecule has 1 N–H and O–H groups in total. The van der Waals surface area contributed by atoms with Crippen molar-refractivity contribution in [1.29, 1.82) is 0 Å². The van der Waals surface area contributed by atoms with Crippen LogP contribution in [0.2, 0.25) is 0 Å². The SMILES string of the molecule is C=C1[C@@H]([C@@]2(C)C=CC(=O)C(C)(C)[C@@H]2CC(=O)OC)[C@@H](OC(C)=O)[C@H](OC(C)=O)[C@@]2(C)[C@H](C3=C[C@@H](O)OC3=O)C[C@H]3O[C@]132. The zero-order chi connectivity index (χ0) is 31.2. The van der Waals surface area contributed by atoms with Crippen LogP contribution in [0.25, 0.3) is 0 Å². The molecule has 3 fully saturated rings. The van der Waals surface area contributed by atoms with Crippen LogP contribution in [-0.2, 0) is 47.7 Å². The first-order valence-electron chi connectivity index (χ1n) is 14.1. The molecule has 1 saturated heterocycles. The summed E-state index contributed by atoms with van der Waals surface area (Å²) in [5.41, 5.74) is -3.55. The minimum absolute atomic E-state index is 0.112. The van der Waals surface area contributed by atoms with Crippen LogP contribution in [0.4, 0.5) is 0 Å². The van der Waals surface area contributed by atoms with E-state index in [9.17, 15) is 29.1 Å². The molecular weight excluding hydrogens is 548 g/mol. The number of carbonyl (C=O) groups is 5. The molecule has 0 aromatic carbocycles. The minimum atomic E-state index is -1.41. The van der Waals surface area contributed by atoms with E-state index in [1.54, 1.807) is 19.9 Å². The highest BCUT2D eigenvalue weighted by molar-refractivity contribution is 5.96. The van der Waals surface area contributed by atoms with E-state index in [-0.39, 0.29) is 17.8 Å². The molecule has 0 amide bonds. The summed E-state index contributed by atoms with van der Waals surface area (Å²) in [6, 6.07) is 0. The Morgan fingerprint density at radius 2 is 1.74 bits per heavy atom. The molecule has 11 nitrogen and oxygen atoms in total. The summed E-state index contributed by atoms with van der Waals surface area (Å²) >= 11 is 0. The molecule has 42 heavy (non-hydrogen) atoms. The molecule has 0 aromatic rings. The molecule has 5 aliphatic rings. The molecule has 228 valence electrons. The number of esters is 4. The van der Waals surface area contributed by atoms with Crippen LogP contribution in [0.1, 0.15) is 54.4 Å². The number of methoxy groups -OCH3 is 1. The van der Waals surface area contributed by atoms with Gasteiger partial charge in [0.15, 0.2) is 5.78 Å². The maximum absolute atomic E-state index is 13.2. The first-order chi connectivity index (χ1) is 19.5. The Morgan fingerprint density at radius 1 is 1.10 bits per heavy atom. The monoisotopic (exact) mass is 586 g/mol. The standard InChI is InChI=1S/C31H38O11/c1-14-24(29(6)10-9-20(34)28(4,5)19(29)13-22(35)38-8)25(39-15(2)32)26(40-16(3)33)30(7)18(12-21-31(14,30)42-21)17-11-23(36)41-27(17)37/h9-11,18-19,21,23-26,36H,1,12-13H2,2-8H3/t18-,19-,21+,23-,24+,25+,26-,29-,30+,31+/m0/s1. The molecular formula is C31H38O11. The largest absolute Gasteiger partial charge is 0.469 e. The van der Waals surface area contributed by atoms with Gasteiger partial charge in [0.05, 0.1) is 25.0 Å². The summed E-state index contributed by atoms with van der Waals surface area (Å²) in [7, 11) is 1.27. The van der Waals surface area contributed by atoms with Gasteiger partial charge in [-0.1, -0.05) is 40.3 Å². The topological polar surface area (TPSA) is 155 Å². The number of cyclic esters (lactones) is 1. The second-order valence-electron chi connectivity index (χ2n) is 13.1. The lowest BCUT2D eigenvalue weighted by molar-refractivity contribution is -0.209. The van der Waals surface area contributed by atoms with E-state index in [4.69, 9.17) is 23.7 Å². The Morgan fingerprint density at radius 3 is 2.29 bits per heavy atom. The summed E-state index contributed by atoms with van der Waals surface area (Å²) in [4.78, 5) is 64.1. The van der Waals surface area contributed by atoms with E-state index in [1.165, 1.54) is 33.1 Å². The molecule has 0 aromatic heterocycles. The number of carbonyl (C=O) groups excluding carboxylic acids is 5. The van der Waals surface area contributed by atoms with Crippen LogP contribution < -0.4 is 0 Å². The number of ether oxygens (including phenoxy) is 5. The van der Waals surface area contributed by atoms with Crippen molar-refractivity contribution < 1.29 is 52.8 Å². The molecule has 3 aliphatic carbocycles. The van der Waals surface area contributed by atoms with Gasteiger partial charge in [-0.2, -0.15) is 0 Å². The normalized spacial score (nSPS) is 43.1. The first kappa shape index (κ1) is 30.2. The third-order valence-electron chi connectivity index (χ3n) is 10.6. The van der Waals surface area contributed by atoms with Gasteiger partial charge in [-0.15, -0.1) is 0 Å². The van der Waals surface area contributed by atoms with E-state index in [0.29, 0.717) is 12.0 Å². The first-order valence-corrected chi connectivity index (χ1v) is 14.1. The van der Waals surface area contributed by atoms with Gasteiger partial charge in [-0.25, -0.2) is 4.79 Å². The van der Waals surface area contributed by atoms with Crippen molar-refractivity contribution in [3.8, 4) is 0 Å². The molecule has 11 heteroatoms. The Balaban J connectivity index is 1.73. The predicted molar refractivity (Wildman–Crippen MR) is 144 cm³/mol. The third-order valence-corrected chi connectivity index (χ3v) is 10.6. The lowest BCUT2D eigenvalue weighted by Gasteiger charge is -2.59. The van der Waals surface area contributed by atoms with E-state index < -0.39 is 88.1 Å². The second kappa shape index (κ2) is 9.60. The highest BCUT2D eigenvalue weighted by Crippen LogP contribution is 2.76. The van der Waals surface area contributed by atoms with Crippen LogP contribution in [0.15, 0.2) is 36.0 Å². The maximum atomic E-state index is 13.2. The lowest BCUT2D eigenvalue weighted by Crippen LogP contribution is -2.67. The van der Waals surface area contributed by atoms with Crippen LogP contribution >= 0.6 is 0 Å². The number of aliphatic hydroxyl groups is 1. The van der Waals surface area contributed by atoms with Gasteiger partial charge < -0.3 is 28.8 Å². The Bertz CT molecular complexity index is 1340. The fraction of sp³-hybridized carbons (Fsp3) is 0.645. The van der Waals surface area contributed by atoms with Crippen LogP contribution in [0.5, 0.6) is 0 Å². The second-order valence-corrected chi connectivity index (χ2v) is 13.1. The molecule has 5 rings (SSSR count). The highest BCUT2D eigenvalue weighted by Gasteiger charge is 2.84. The smallest absolute Gasteiger partial charge is 0.336 e. The molecule has 10 atom stereocenters. The Labute approximate surface area is 244 Å². The summed E-state index contributed by atoms with van der Waals surface area (Å²) in [5, 5.41) is 10.1. The zero-order valence-electron chi connectivity index (χ0n) is 24.9. The maximum Gasteiger partial charge on any atom is 0.336 e. The number of hydrogen-bond donors (Lipinski definition) is 1. The predicted octanol–water partition coefficient (Wildman–Crippen LogP) is 2.35. The Kier molecular flexibility index (Phi) is 6.89. The van der Waals surface area contributed by atoms with Crippen LogP contribution in [0.3, 0.4) is 0 Å². The van der Waals surface area contributed by atoms with E-state index >= 15 is 0 Å². The number of hydrogen-bond acceptors (Lipinski definition) is 11. The molecule has 1 spiro atoms. The van der Waals surface area contributed by atoms with E-state index in [2.05, 4.69) is 6.58 Å². The fourth-order valence-corrected chi connectivity index (χ4v) is 8.72. The highest BCUT2D eigenvalue weighted by atomic mass is 16.6. The van der Waals surface area contributed by atoms with Crippen molar-refractivity contribution in [2.45, 2.75) is 84.6 Å². The number of aliphatic hydroxyl groups excluding tert-OH is 1.